The number of carbonyl (C=O) groups is 1. The summed E-state index contributed by atoms with van der Waals surface area (Å²) in [6.45, 7) is 0. The monoisotopic (exact) mass is 174 g/mol. The summed E-state index contributed by atoms with van der Waals surface area (Å²) < 4.78 is 4.44. The average Bonchev–Trinajstić information content (AvgIpc) is 2.37. The molecule has 2 atom stereocenters. The highest BCUT2D eigenvalue weighted by atomic mass is 32.2. The predicted molar refractivity (Wildman–Crippen MR) is 43.5 cm³/mol. The van der Waals surface area contributed by atoms with Gasteiger partial charge in [0, 0.05) is 0 Å². The summed E-state index contributed by atoms with van der Waals surface area (Å²) in [5.41, 5.74) is 0. The van der Waals surface area contributed by atoms with Crippen molar-refractivity contribution in [2.75, 3.05) is 7.11 Å². The summed E-state index contributed by atoms with van der Waals surface area (Å²) in [5, 5.41) is 8.77. The number of methoxy groups -OCH3 is 1. The third-order valence-electron chi connectivity index (χ3n) is 1.48. The Kier molecular flexibility index (Phi) is 2.96. The number of thioether (sulfide) groups is 1. The second kappa shape index (κ2) is 3.78. The predicted octanol–water partition coefficient (Wildman–Crippen LogP) is 1.18. The van der Waals surface area contributed by atoms with Crippen LogP contribution in [0.4, 0.5) is 4.79 Å². The Morgan fingerprint density at radius 1 is 1.82 bits per heavy atom. The molecule has 0 radical (unpaired) electrons. The highest BCUT2D eigenvalue weighted by Gasteiger charge is 2.23. The van der Waals surface area contributed by atoms with Crippen LogP contribution in [-0.4, -0.2) is 28.9 Å². The van der Waals surface area contributed by atoms with Gasteiger partial charge in [-0.2, -0.15) is 0 Å². The smallest absolute Gasteiger partial charge is 0.367 e. The standard InChI is InChI=1S/C7H10O3S/c1-10-7(9)11-6-4-2-3-5(6)8/h2,4-6,8H,3H2,1H3/t5-,6-/m1/s1. The van der Waals surface area contributed by atoms with Crippen molar-refractivity contribution >= 4 is 17.1 Å². The van der Waals surface area contributed by atoms with Gasteiger partial charge in [0.1, 0.15) is 0 Å². The zero-order valence-corrected chi connectivity index (χ0v) is 7.00. The number of carbonyl (C=O) groups excluding carboxylic acids is 1. The molecule has 0 fully saturated rings. The number of hydrogen-bond donors (Lipinski definition) is 1. The maximum Gasteiger partial charge on any atom is 0.367 e. The minimum absolute atomic E-state index is 0.123. The molecule has 1 rings (SSSR count). The molecule has 0 aromatic heterocycles. The summed E-state index contributed by atoms with van der Waals surface area (Å²) in [6, 6.07) is 0. The van der Waals surface area contributed by atoms with E-state index in [0.29, 0.717) is 6.42 Å². The fourth-order valence-corrected chi connectivity index (χ4v) is 1.67. The van der Waals surface area contributed by atoms with E-state index in [-0.39, 0.29) is 10.6 Å². The van der Waals surface area contributed by atoms with Crippen LogP contribution in [0, 0.1) is 0 Å². The van der Waals surface area contributed by atoms with Crippen LogP contribution in [-0.2, 0) is 4.74 Å². The van der Waals surface area contributed by atoms with Gasteiger partial charge < -0.3 is 9.84 Å². The van der Waals surface area contributed by atoms with Crippen molar-refractivity contribution in [2.24, 2.45) is 0 Å². The minimum Gasteiger partial charge on any atom is -0.461 e. The van der Waals surface area contributed by atoms with E-state index in [2.05, 4.69) is 4.74 Å². The molecule has 0 heterocycles. The lowest BCUT2D eigenvalue weighted by molar-refractivity contribution is 0.189. The topological polar surface area (TPSA) is 46.5 Å². The molecule has 0 aromatic rings. The molecule has 0 amide bonds. The van der Waals surface area contributed by atoms with E-state index in [1.807, 2.05) is 12.2 Å². The van der Waals surface area contributed by atoms with Gasteiger partial charge in [0.05, 0.1) is 18.5 Å². The van der Waals surface area contributed by atoms with E-state index in [4.69, 9.17) is 0 Å². The zero-order valence-electron chi connectivity index (χ0n) is 6.19. The molecule has 0 saturated heterocycles. The maximum absolute atomic E-state index is 10.7. The lowest BCUT2D eigenvalue weighted by Gasteiger charge is -2.10. The van der Waals surface area contributed by atoms with Crippen LogP contribution < -0.4 is 0 Å². The number of hydrogen-bond acceptors (Lipinski definition) is 4. The fraction of sp³-hybridized carbons (Fsp3) is 0.571. The van der Waals surface area contributed by atoms with Gasteiger partial charge >= 0.3 is 5.30 Å². The molecule has 1 N–H and O–H groups in total. The second-order valence-corrected chi connectivity index (χ2v) is 3.38. The van der Waals surface area contributed by atoms with Crippen LogP contribution in [0.15, 0.2) is 12.2 Å². The van der Waals surface area contributed by atoms with Crippen LogP contribution in [0.3, 0.4) is 0 Å². The molecule has 0 bridgehead atoms. The van der Waals surface area contributed by atoms with Gasteiger partial charge in [0.15, 0.2) is 0 Å². The van der Waals surface area contributed by atoms with Gasteiger partial charge in [-0.05, 0) is 18.2 Å². The lowest BCUT2D eigenvalue weighted by Crippen LogP contribution is -2.17. The Bertz CT molecular complexity index is 179. The summed E-state index contributed by atoms with van der Waals surface area (Å²) in [4.78, 5) is 10.7. The normalized spacial score (nSPS) is 28.9. The first-order valence-corrected chi connectivity index (χ1v) is 4.21. The summed E-state index contributed by atoms with van der Waals surface area (Å²) in [5.74, 6) is 0. The molecule has 0 aromatic carbocycles. The molecule has 3 nitrogen and oxygen atoms in total. The molecular weight excluding hydrogens is 164 g/mol. The van der Waals surface area contributed by atoms with E-state index < -0.39 is 6.10 Å². The molecule has 0 saturated carbocycles. The quantitative estimate of drug-likeness (QED) is 0.479. The maximum atomic E-state index is 10.7. The third-order valence-corrected chi connectivity index (χ3v) is 2.58. The first-order chi connectivity index (χ1) is 5.24. The van der Waals surface area contributed by atoms with Crippen molar-refractivity contribution in [3.05, 3.63) is 12.2 Å². The Labute approximate surface area is 69.4 Å². The molecule has 4 heteroatoms. The highest BCUT2D eigenvalue weighted by molar-refractivity contribution is 8.14. The van der Waals surface area contributed by atoms with Crippen molar-refractivity contribution in [1.82, 2.24) is 0 Å². The van der Waals surface area contributed by atoms with Crippen molar-refractivity contribution < 1.29 is 14.6 Å². The minimum atomic E-state index is -0.431. The molecule has 1 aliphatic carbocycles. The Morgan fingerprint density at radius 2 is 2.55 bits per heavy atom. The van der Waals surface area contributed by atoms with Crippen LogP contribution >= 0.6 is 11.8 Å². The van der Waals surface area contributed by atoms with Gasteiger partial charge in [0.25, 0.3) is 0 Å². The molecular formula is C7H10O3S. The third kappa shape index (κ3) is 2.24. The van der Waals surface area contributed by atoms with E-state index in [0.717, 1.165) is 11.8 Å². The van der Waals surface area contributed by atoms with E-state index in [9.17, 15) is 9.90 Å². The lowest BCUT2D eigenvalue weighted by atomic mass is 10.3. The van der Waals surface area contributed by atoms with E-state index >= 15 is 0 Å². The Morgan fingerprint density at radius 3 is 3.00 bits per heavy atom. The molecule has 0 spiro atoms. The molecule has 0 aliphatic heterocycles. The van der Waals surface area contributed by atoms with Crippen molar-refractivity contribution in [3.8, 4) is 0 Å². The summed E-state index contributed by atoms with van der Waals surface area (Å²) in [7, 11) is 1.33. The summed E-state index contributed by atoms with van der Waals surface area (Å²) in [6.07, 6.45) is 3.89. The van der Waals surface area contributed by atoms with Crippen LogP contribution in [0.1, 0.15) is 6.42 Å². The first-order valence-electron chi connectivity index (χ1n) is 3.33. The van der Waals surface area contributed by atoms with E-state index in [1.54, 1.807) is 0 Å². The molecule has 1 aliphatic rings. The second-order valence-electron chi connectivity index (χ2n) is 2.27. The van der Waals surface area contributed by atoms with Gasteiger partial charge in [-0.1, -0.05) is 12.2 Å². The van der Waals surface area contributed by atoms with Gasteiger partial charge in [-0.3, -0.25) is 0 Å². The Hall–Kier alpha value is -0.480. The summed E-state index contributed by atoms with van der Waals surface area (Å²) >= 11 is 1.02. The van der Waals surface area contributed by atoms with Gasteiger partial charge in [-0.25, -0.2) is 4.79 Å². The molecule has 0 unspecified atom stereocenters. The van der Waals surface area contributed by atoms with Crippen molar-refractivity contribution in [3.63, 3.8) is 0 Å². The average molecular weight is 174 g/mol. The van der Waals surface area contributed by atoms with Gasteiger partial charge in [-0.15, -0.1) is 0 Å². The van der Waals surface area contributed by atoms with E-state index in [1.165, 1.54) is 7.11 Å². The van der Waals surface area contributed by atoms with Crippen molar-refractivity contribution in [2.45, 2.75) is 17.8 Å². The first kappa shape index (κ1) is 8.62. The van der Waals surface area contributed by atoms with Crippen LogP contribution in [0.25, 0.3) is 0 Å². The highest BCUT2D eigenvalue weighted by Crippen LogP contribution is 2.25. The van der Waals surface area contributed by atoms with Crippen LogP contribution in [0.5, 0.6) is 0 Å². The number of rotatable bonds is 1. The fourth-order valence-electron chi connectivity index (χ4n) is 0.892. The SMILES string of the molecule is COC(=O)S[C@@H]1C=CC[C@H]1O. The Balaban J connectivity index is 2.36. The number of aliphatic hydroxyl groups excluding tert-OH is 1. The zero-order chi connectivity index (χ0) is 8.27. The van der Waals surface area contributed by atoms with Crippen LogP contribution in [0.2, 0.25) is 0 Å². The van der Waals surface area contributed by atoms with Gasteiger partial charge in [0.2, 0.25) is 0 Å². The number of ether oxygens (including phenoxy) is 1. The molecule has 11 heavy (non-hydrogen) atoms. The van der Waals surface area contributed by atoms with Crippen molar-refractivity contribution in [1.29, 1.82) is 0 Å². The molecule has 62 valence electrons. The largest absolute Gasteiger partial charge is 0.461 e. The number of aliphatic hydroxyl groups is 1.